The van der Waals surface area contributed by atoms with Crippen molar-refractivity contribution in [2.24, 2.45) is 34.5 Å². The standard InChI is InChI=1S/C34H49NO4/c1-4-5-6-7-8-9-10-25-14-18-30-29-17-13-26-23-28(19-21-34(26,3)31(29)20-22-33(25,30)2)39-32(36)24-11-15-27(16-12-24)35(37)38/h11-13,15-16,25,28-31H,4-10,14,17-23H2,1-3H3/t25?,28-,29?,30?,31?,33+,34-/m0/s1. The van der Waals surface area contributed by atoms with Crippen LogP contribution in [0.4, 0.5) is 5.69 Å². The number of unbranched alkanes of at least 4 members (excludes halogenated alkanes) is 5. The summed E-state index contributed by atoms with van der Waals surface area (Å²) in [7, 11) is 0. The first kappa shape index (κ1) is 28.4. The van der Waals surface area contributed by atoms with Gasteiger partial charge in [-0.25, -0.2) is 4.79 Å². The number of esters is 1. The van der Waals surface area contributed by atoms with E-state index in [1.54, 1.807) is 0 Å². The minimum Gasteiger partial charge on any atom is -0.458 e. The van der Waals surface area contributed by atoms with E-state index in [1.165, 1.54) is 107 Å². The molecule has 0 spiro atoms. The molecule has 5 heteroatoms. The van der Waals surface area contributed by atoms with E-state index in [2.05, 4.69) is 26.8 Å². The molecule has 214 valence electrons. The van der Waals surface area contributed by atoms with Crippen LogP contribution in [0.5, 0.6) is 0 Å². The number of benzene rings is 1. The average Bonchev–Trinajstić information content (AvgIpc) is 3.27. The second-order valence-corrected chi connectivity index (χ2v) is 13.7. The van der Waals surface area contributed by atoms with Crippen molar-refractivity contribution >= 4 is 11.7 Å². The van der Waals surface area contributed by atoms with Crippen LogP contribution in [0.3, 0.4) is 0 Å². The van der Waals surface area contributed by atoms with E-state index < -0.39 is 4.92 Å². The Morgan fingerprint density at radius 1 is 0.974 bits per heavy atom. The summed E-state index contributed by atoms with van der Waals surface area (Å²) in [5.41, 5.74) is 2.65. The fourth-order valence-corrected chi connectivity index (χ4v) is 9.42. The van der Waals surface area contributed by atoms with Crippen LogP contribution >= 0.6 is 0 Å². The predicted octanol–water partition coefficient (Wildman–Crippen LogP) is 9.45. The second-order valence-electron chi connectivity index (χ2n) is 13.7. The molecule has 5 nitrogen and oxygen atoms in total. The Kier molecular flexibility index (Phi) is 8.54. The van der Waals surface area contributed by atoms with Crippen LogP contribution in [0.25, 0.3) is 0 Å². The average molecular weight is 536 g/mol. The maximum absolute atomic E-state index is 12.8. The summed E-state index contributed by atoms with van der Waals surface area (Å²) in [4.78, 5) is 23.3. The number of hydrogen-bond donors (Lipinski definition) is 0. The van der Waals surface area contributed by atoms with E-state index >= 15 is 0 Å². The molecule has 39 heavy (non-hydrogen) atoms. The Hall–Kier alpha value is -2.17. The van der Waals surface area contributed by atoms with Crippen molar-refractivity contribution in [1.82, 2.24) is 0 Å². The maximum atomic E-state index is 12.8. The van der Waals surface area contributed by atoms with Crippen LogP contribution in [0, 0.1) is 44.6 Å². The van der Waals surface area contributed by atoms with Crippen LogP contribution in [0.1, 0.15) is 127 Å². The van der Waals surface area contributed by atoms with Crippen molar-refractivity contribution in [3.63, 3.8) is 0 Å². The van der Waals surface area contributed by atoms with Crippen molar-refractivity contribution in [1.29, 1.82) is 0 Å². The molecule has 4 unspecified atom stereocenters. The summed E-state index contributed by atoms with van der Waals surface area (Å²) in [6, 6.07) is 5.74. The highest BCUT2D eigenvalue weighted by Crippen LogP contribution is 2.66. The molecule has 0 aromatic heterocycles. The molecule has 3 saturated carbocycles. The molecule has 3 fully saturated rings. The molecule has 7 atom stereocenters. The second kappa shape index (κ2) is 11.7. The first-order valence-corrected chi connectivity index (χ1v) is 15.9. The summed E-state index contributed by atoms with van der Waals surface area (Å²) < 4.78 is 5.93. The summed E-state index contributed by atoms with van der Waals surface area (Å²) in [6.45, 7) is 7.46. The molecule has 4 aliphatic rings. The van der Waals surface area contributed by atoms with Gasteiger partial charge in [0.25, 0.3) is 5.69 Å². The molecule has 0 N–H and O–H groups in total. The lowest BCUT2D eigenvalue weighted by Crippen LogP contribution is -2.50. The van der Waals surface area contributed by atoms with Crippen molar-refractivity contribution < 1.29 is 14.5 Å². The molecule has 4 aliphatic carbocycles. The van der Waals surface area contributed by atoms with Gasteiger partial charge in [-0.15, -0.1) is 0 Å². The Bertz CT molecular complexity index is 1060. The molecule has 0 radical (unpaired) electrons. The van der Waals surface area contributed by atoms with Crippen molar-refractivity contribution in [2.75, 3.05) is 0 Å². The van der Waals surface area contributed by atoms with Gasteiger partial charge in [0.05, 0.1) is 10.5 Å². The van der Waals surface area contributed by atoms with Crippen LogP contribution < -0.4 is 0 Å². The van der Waals surface area contributed by atoms with Crippen molar-refractivity contribution in [2.45, 2.75) is 123 Å². The van der Waals surface area contributed by atoms with E-state index in [9.17, 15) is 14.9 Å². The number of hydrogen-bond acceptors (Lipinski definition) is 4. The van der Waals surface area contributed by atoms with Gasteiger partial charge in [0.1, 0.15) is 6.10 Å². The number of fused-ring (bicyclic) bond motifs is 5. The third kappa shape index (κ3) is 5.57. The maximum Gasteiger partial charge on any atom is 0.338 e. The van der Waals surface area contributed by atoms with Gasteiger partial charge in [-0.3, -0.25) is 10.1 Å². The first-order valence-electron chi connectivity index (χ1n) is 15.9. The molecule has 1 aromatic rings. The van der Waals surface area contributed by atoms with Gasteiger partial charge < -0.3 is 4.74 Å². The zero-order valence-corrected chi connectivity index (χ0v) is 24.5. The summed E-state index contributed by atoms with van der Waals surface area (Å²) in [6.07, 6.45) is 21.9. The van der Waals surface area contributed by atoms with Gasteiger partial charge in [-0.2, -0.15) is 0 Å². The number of ether oxygens (including phenoxy) is 1. The van der Waals surface area contributed by atoms with Gasteiger partial charge in [-0.1, -0.05) is 70.9 Å². The molecule has 0 bridgehead atoms. The topological polar surface area (TPSA) is 69.4 Å². The molecular formula is C34H49NO4. The zero-order valence-electron chi connectivity index (χ0n) is 24.5. The van der Waals surface area contributed by atoms with Gasteiger partial charge in [0.2, 0.25) is 0 Å². The first-order chi connectivity index (χ1) is 18.8. The highest BCUT2D eigenvalue weighted by molar-refractivity contribution is 5.89. The summed E-state index contributed by atoms with van der Waals surface area (Å²) in [5.74, 6) is 2.99. The van der Waals surface area contributed by atoms with Crippen molar-refractivity contribution in [3.8, 4) is 0 Å². The molecule has 5 rings (SSSR count). The number of non-ortho nitro benzene ring substituents is 1. The minimum absolute atomic E-state index is 0.0125. The highest BCUT2D eigenvalue weighted by Gasteiger charge is 2.58. The van der Waals surface area contributed by atoms with Crippen LogP contribution in [-0.4, -0.2) is 17.0 Å². The van der Waals surface area contributed by atoms with Gasteiger partial charge in [0, 0.05) is 18.6 Å². The summed E-state index contributed by atoms with van der Waals surface area (Å²) in [5, 5.41) is 10.9. The number of rotatable bonds is 10. The minimum atomic E-state index is -0.449. The monoisotopic (exact) mass is 535 g/mol. The molecule has 0 amide bonds. The van der Waals surface area contributed by atoms with E-state index in [-0.39, 0.29) is 23.2 Å². The van der Waals surface area contributed by atoms with Crippen LogP contribution in [-0.2, 0) is 4.74 Å². The third-order valence-corrected chi connectivity index (χ3v) is 11.7. The molecule has 0 saturated heterocycles. The normalized spacial score (nSPS) is 35.4. The number of carbonyl (C=O) groups is 1. The number of nitro groups is 1. The smallest absolute Gasteiger partial charge is 0.338 e. The van der Waals surface area contributed by atoms with Crippen LogP contribution in [0.15, 0.2) is 35.9 Å². The van der Waals surface area contributed by atoms with E-state index in [4.69, 9.17) is 4.74 Å². The lowest BCUT2D eigenvalue weighted by Gasteiger charge is -2.58. The Labute approximate surface area is 235 Å². The molecular weight excluding hydrogens is 486 g/mol. The van der Waals surface area contributed by atoms with Gasteiger partial charge in [-0.05, 0) is 98.0 Å². The van der Waals surface area contributed by atoms with Crippen molar-refractivity contribution in [3.05, 3.63) is 51.6 Å². The molecule has 0 heterocycles. The highest BCUT2D eigenvalue weighted by atomic mass is 16.6. The van der Waals surface area contributed by atoms with E-state index in [0.717, 1.165) is 42.9 Å². The molecule has 0 aliphatic heterocycles. The fraction of sp³-hybridized carbons (Fsp3) is 0.735. The zero-order chi connectivity index (χ0) is 27.6. The number of allylic oxidation sites excluding steroid dienone is 1. The summed E-state index contributed by atoms with van der Waals surface area (Å²) >= 11 is 0. The number of nitro benzene ring substituents is 1. The van der Waals surface area contributed by atoms with Gasteiger partial charge >= 0.3 is 5.97 Å². The third-order valence-electron chi connectivity index (χ3n) is 11.7. The largest absolute Gasteiger partial charge is 0.458 e. The van der Waals surface area contributed by atoms with E-state index in [1.807, 2.05) is 0 Å². The van der Waals surface area contributed by atoms with E-state index in [0.29, 0.717) is 11.0 Å². The fourth-order valence-electron chi connectivity index (χ4n) is 9.42. The lowest BCUT2D eigenvalue weighted by atomic mass is 9.47. The Morgan fingerprint density at radius 3 is 2.46 bits per heavy atom. The van der Waals surface area contributed by atoms with Crippen LogP contribution in [0.2, 0.25) is 0 Å². The number of carbonyl (C=O) groups excluding carboxylic acids is 1. The SMILES string of the molecule is CCCCCCCCC1CCC2C3CC=C4C[C@@H](OC(=O)c5ccc([N+](=O)[O-])cc5)CC[C@]4(C)C3CC[C@]12C. The number of nitrogens with zero attached hydrogens (tertiary/aromatic N) is 1. The quantitative estimate of drug-likeness (QED) is 0.0983. The van der Waals surface area contributed by atoms with Gasteiger partial charge in [0.15, 0.2) is 0 Å². The Balaban J connectivity index is 1.19. The predicted molar refractivity (Wildman–Crippen MR) is 155 cm³/mol. The molecule has 1 aromatic carbocycles. The Morgan fingerprint density at radius 2 is 1.72 bits per heavy atom. The lowest BCUT2D eigenvalue weighted by molar-refractivity contribution is -0.384.